The van der Waals surface area contributed by atoms with Crippen LogP contribution in [0.2, 0.25) is 0 Å². The lowest BCUT2D eigenvalue weighted by Gasteiger charge is -2.22. The van der Waals surface area contributed by atoms with Crippen LogP contribution in [0.1, 0.15) is 64.7 Å². The Morgan fingerprint density at radius 3 is 1.20 bits per heavy atom. The van der Waals surface area contributed by atoms with E-state index in [9.17, 15) is 4.79 Å². The molecule has 1 aliphatic heterocycles. The van der Waals surface area contributed by atoms with Crippen LogP contribution >= 0.6 is 0 Å². The molecule has 14 heteroatoms. The van der Waals surface area contributed by atoms with E-state index in [4.69, 9.17) is 61.6 Å². The van der Waals surface area contributed by atoms with Gasteiger partial charge in [-0.15, -0.1) is 0 Å². The van der Waals surface area contributed by atoms with Crippen molar-refractivity contribution in [1.82, 2.24) is 0 Å². The summed E-state index contributed by atoms with van der Waals surface area (Å²) in [4.78, 5) is 11.6. The molecule has 0 aromatic heterocycles. The van der Waals surface area contributed by atoms with Crippen molar-refractivity contribution in [2.75, 3.05) is 152 Å². The van der Waals surface area contributed by atoms with E-state index in [1.165, 1.54) is 19.3 Å². The van der Waals surface area contributed by atoms with Crippen molar-refractivity contribution in [3.63, 3.8) is 0 Å². The molecule has 1 unspecified atom stereocenters. The van der Waals surface area contributed by atoms with Gasteiger partial charge in [-0.05, 0) is 25.7 Å². The molecule has 1 heterocycles. The molecule has 292 valence electrons. The normalized spacial score (nSPS) is 14.8. The highest BCUT2D eigenvalue weighted by Gasteiger charge is 2.13. The van der Waals surface area contributed by atoms with Gasteiger partial charge in [-0.1, -0.05) is 32.6 Å². The topological polar surface area (TPSA) is 137 Å². The third-order valence-corrected chi connectivity index (χ3v) is 6.99. The number of ether oxygens (including phenoxy) is 13. The van der Waals surface area contributed by atoms with Gasteiger partial charge in [0, 0.05) is 13.0 Å². The molecule has 1 aliphatic rings. The Morgan fingerprint density at radius 2 is 0.837 bits per heavy atom. The molecule has 0 aliphatic carbocycles. The van der Waals surface area contributed by atoms with Crippen LogP contribution in [0.5, 0.6) is 0 Å². The van der Waals surface area contributed by atoms with Crippen molar-refractivity contribution in [3.05, 3.63) is 0 Å². The monoisotopic (exact) mass is 712 g/mol. The van der Waals surface area contributed by atoms with Gasteiger partial charge in [0.25, 0.3) is 0 Å². The summed E-state index contributed by atoms with van der Waals surface area (Å²) >= 11 is 0. The predicted molar refractivity (Wildman–Crippen MR) is 182 cm³/mol. The Kier molecular flexibility index (Phi) is 37.3. The van der Waals surface area contributed by atoms with Crippen LogP contribution in [0, 0.1) is 0 Å². The van der Waals surface area contributed by atoms with Crippen LogP contribution < -0.4 is 0 Å². The minimum atomic E-state index is -0.147. The first-order valence-corrected chi connectivity index (χ1v) is 18.5. The fourth-order valence-electron chi connectivity index (χ4n) is 4.32. The van der Waals surface area contributed by atoms with Crippen molar-refractivity contribution >= 4 is 5.97 Å². The van der Waals surface area contributed by atoms with Gasteiger partial charge in [0.2, 0.25) is 0 Å². The number of rotatable bonds is 40. The Balaban J connectivity index is 1.61. The summed E-state index contributed by atoms with van der Waals surface area (Å²) in [7, 11) is 0. The van der Waals surface area contributed by atoms with Crippen molar-refractivity contribution < 1.29 is 66.4 Å². The van der Waals surface area contributed by atoms with E-state index in [0.29, 0.717) is 145 Å². The second-order valence-electron chi connectivity index (χ2n) is 11.2. The molecule has 0 aromatic rings. The highest BCUT2D eigenvalue weighted by molar-refractivity contribution is 5.69. The van der Waals surface area contributed by atoms with Gasteiger partial charge < -0.3 is 61.6 Å². The molecule has 0 aromatic carbocycles. The highest BCUT2D eigenvalue weighted by atomic mass is 16.7. The molecular weight excluding hydrogens is 644 g/mol. The fourth-order valence-corrected chi connectivity index (χ4v) is 4.32. The maximum absolute atomic E-state index is 11.6. The molecule has 1 rings (SSSR count). The lowest BCUT2D eigenvalue weighted by Crippen LogP contribution is -2.24. The first-order valence-electron chi connectivity index (χ1n) is 18.5. The van der Waals surface area contributed by atoms with Gasteiger partial charge in [0.15, 0.2) is 6.29 Å². The standard InChI is InChI=1S/C35H68O14/c1-2-3-4-5-6-9-34(36)47-32-30-45-28-26-43-24-22-41-20-18-39-16-14-37-12-13-38-15-17-40-19-21-42-23-25-44-27-29-46-31-33-49-35-10-7-8-11-48-35/h35H,2-33H2,1H3. The summed E-state index contributed by atoms with van der Waals surface area (Å²) in [5, 5.41) is 0. The molecule has 1 fully saturated rings. The van der Waals surface area contributed by atoms with Gasteiger partial charge >= 0.3 is 5.97 Å². The Morgan fingerprint density at radius 1 is 0.469 bits per heavy atom. The quantitative estimate of drug-likeness (QED) is 0.0676. The van der Waals surface area contributed by atoms with E-state index in [0.717, 1.165) is 38.7 Å². The maximum atomic E-state index is 11.6. The van der Waals surface area contributed by atoms with E-state index >= 15 is 0 Å². The van der Waals surface area contributed by atoms with Crippen LogP contribution in [0.15, 0.2) is 0 Å². The lowest BCUT2D eigenvalue weighted by molar-refractivity contribution is -0.169. The Hall–Kier alpha value is -1.01. The summed E-state index contributed by atoms with van der Waals surface area (Å²) in [6.07, 6.45) is 9.26. The lowest BCUT2D eigenvalue weighted by atomic mass is 10.1. The van der Waals surface area contributed by atoms with E-state index < -0.39 is 0 Å². The summed E-state index contributed by atoms with van der Waals surface area (Å²) in [5.41, 5.74) is 0. The van der Waals surface area contributed by atoms with Crippen LogP contribution in [0.3, 0.4) is 0 Å². The van der Waals surface area contributed by atoms with E-state index in [1.54, 1.807) is 0 Å². The van der Waals surface area contributed by atoms with Gasteiger partial charge in [0.1, 0.15) is 6.61 Å². The second-order valence-corrected chi connectivity index (χ2v) is 11.2. The van der Waals surface area contributed by atoms with Crippen molar-refractivity contribution in [1.29, 1.82) is 0 Å². The molecule has 0 N–H and O–H groups in total. The first kappa shape index (κ1) is 46.0. The fraction of sp³-hybridized carbons (Fsp3) is 0.971. The first-order chi connectivity index (χ1) is 24.3. The summed E-state index contributed by atoms with van der Waals surface area (Å²) in [6, 6.07) is 0. The molecule has 1 saturated heterocycles. The molecule has 0 bridgehead atoms. The minimum Gasteiger partial charge on any atom is -0.463 e. The van der Waals surface area contributed by atoms with E-state index in [1.807, 2.05) is 0 Å². The molecule has 0 spiro atoms. The van der Waals surface area contributed by atoms with E-state index in [-0.39, 0.29) is 18.9 Å². The van der Waals surface area contributed by atoms with Crippen molar-refractivity contribution in [2.24, 2.45) is 0 Å². The Bertz CT molecular complexity index is 654. The SMILES string of the molecule is CCCCCCCC(=O)OCCOCCOCCOCCOCCOCCOCCOCCOCCOCCOCCOC1CCCCO1. The average molecular weight is 713 g/mol. The number of carbonyl (C=O) groups is 1. The highest BCUT2D eigenvalue weighted by Crippen LogP contribution is 2.13. The van der Waals surface area contributed by atoms with Gasteiger partial charge in [-0.3, -0.25) is 4.79 Å². The zero-order chi connectivity index (χ0) is 35.0. The number of unbranched alkanes of at least 4 members (excludes halogenated alkanes) is 4. The summed E-state index contributed by atoms with van der Waals surface area (Å²) < 4.78 is 71.0. The molecular formula is C35H68O14. The molecule has 0 radical (unpaired) electrons. The molecule has 49 heavy (non-hydrogen) atoms. The van der Waals surface area contributed by atoms with Crippen LogP contribution in [-0.2, 0) is 66.4 Å². The minimum absolute atomic E-state index is 0.0683. The largest absolute Gasteiger partial charge is 0.463 e. The van der Waals surface area contributed by atoms with Crippen LogP contribution in [0.4, 0.5) is 0 Å². The van der Waals surface area contributed by atoms with Gasteiger partial charge in [-0.25, -0.2) is 0 Å². The summed E-state index contributed by atoms with van der Waals surface area (Å²) in [5.74, 6) is -0.147. The van der Waals surface area contributed by atoms with E-state index in [2.05, 4.69) is 6.92 Å². The van der Waals surface area contributed by atoms with Crippen molar-refractivity contribution in [2.45, 2.75) is 71.0 Å². The molecule has 14 nitrogen and oxygen atoms in total. The predicted octanol–water partition coefficient (Wildman–Crippen LogP) is 3.60. The van der Waals surface area contributed by atoms with Crippen LogP contribution in [-0.4, -0.2) is 164 Å². The zero-order valence-corrected chi connectivity index (χ0v) is 30.4. The average Bonchev–Trinajstić information content (AvgIpc) is 3.12. The summed E-state index contributed by atoms with van der Waals surface area (Å²) in [6.45, 7) is 13.7. The van der Waals surface area contributed by atoms with Crippen molar-refractivity contribution in [3.8, 4) is 0 Å². The number of esters is 1. The smallest absolute Gasteiger partial charge is 0.305 e. The second kappa shape index (κ2) is 39.8. The number of carbonyl (C=O) groups excluding carboxylic acids is 1. The van der Waals surface area contributed by atoms with Gasteiger partial charge in [-0.2, -0.15) is 0 Å². The van der Waals surface area contributed by atoms with Gasteiger partial charge in [0.05, 0.1) is 139 Å². The maximum Gasteiger partial charge on any atom is 0.305 e. The molecule has 0 saturated carbocycles. The number of hydrogen-bond acceptors (Lipinski definition) is 14. The molecule has 1 atom stereocenters. The number of hydrogen-bond donors (Lipinski definition) is 0. The third kappa shape index (κ3) is 36.6. The third-order valence-electron chi connectivity index (χ3n) is 6.99. The Labute approximate surface area is 295 Å². The molecule has 0 amide bonds. The van der Waals surface area contributed by atoms with Crippen LogP contribution in [0.25, 0.3) is 0 Å². The zero-order valence-electron chi connectivity index (χ0n) is 30.4.